The Kier molecular flexibility index (Phi) is 5.54. The van der Waals surface area contributed by atoms with Crippen LogP contribution in [0, 0.1) is 3.57 Å². The van der Waals surface area contributed by atoms with Gasteiger partial charge in [-0.05, 0) is 35.3 Å². The Morgan fingerprint density at radius 3 is 3.00 bits per heavy atom. The van der Waals surface area contributed by atoms with E-state index in [1.165, 1.54) is 0 Å². The fraction of sp³-hybridized carbons (Fsp3) is 0.556. The minimum atomic E-state index is 0.494. The summed E-state index contributed by atoms with van der Waals surface area (Å²) in [6, 6.07) is 0.494. The summed E-state index contributed by atoms with van der Waals surface area (Å²) in [5, 5.41) is 3.42. The summed E-state index contributed by atoms with van der Waals surface area (Å²) >= 11 is 4.10. The second-order valence-electron chi connectivity index (χ2n) is 2.92. The molecule has 0 amide bonds. The number of nitrogens with one attached hydrogen (secondary N) is 1. The minimum absolute atomic E-state index is 0.494. The van der Waals surface area contributed by atoms with Crippen LogP contribution in [0.4, 0.5) is 5.82 Å². The molecule has 0 aliphatic heterocycles. The molecule has 1 unspecified atom stereocenters. The van der Waals surface area contributed by atoms with Gasteiger partial charge in [-0.15, -0.1) is 0 Å². The van der Waals surface area contributed by atoms with Crippen molar-refractivity contribution in [1.29, 1.82) is 0 Å². The van der Waals surface area contributed by atoms with Gasteiger partial charge >= 0.3 is 0 Å². The van der Waals surface area contributed by atoms with Crippen LogP contribution in [0.15, 0.2) is 12.5 Å². The second kappa shape index (κ2) is 6.44. The number of hydrogen-bond donors (Lipinski definition) is 1. The number of rotatable bonds is 5. The molecule has 0 saturated heterocycles. The summed E-state index contributed by atoms with van der Waals surface area (Å²) in [6.45, 7) is 2.18. The van der Waals surface area contributed by atoms with Crippen molar-refractivity contribution in [2.24, 2.45) is 0 Å². The second-order valence-corrected chi connectivity index (χ2v) is 5.00. The minimum Gasteiger partial charge on any atom is -0.366 e. The topological polar surface area (TPSA) is 37.8 Å². The molecule has 0 aromatic carbocycles. The summed E-state index contributed by atoms with van der Waals surface area (Å²) in [5.41, 5.74) is 0. The van der Waals surface area contributed by atoms with Crippen molar-refractivity contribution in [3.8, 4) is 0 Å². The fourth-order valence-corrected chi connectivity index (χ4v) is 2.25. The molecule has 14 heavy (non-hydrogen) atoms. The normalized spacial score (nSPS) is 12.5. The van der Waals surface area contributed by atoms with Gasteiger partial charge in [0.05, 0.1) is 3.57 Å². The first kappa shape index (κ1) is 12.0. The predicted molar refractivity (Wildman–Crippen MR) is 70.8 cm³/mol. The summed E-state index contributed by atoms with van der Waals surface area (Å²) in [4.78, 5) is 8.17. The molecule has 0 fully saturated rings. The van der Waals surface area contributed by atoms with Gasteiger partial charge in [0.1, 0.15) is 12.1 Å². The Hall–Kier alpha value is -0.0400. The maximum atomic E-state index is 4.21. The van der Waals surface area contributed by atoms with Gasteiger partial charge in [-0.25, -0.2) is 9.97 Å². The van der Waals surface area contributed by atoms with E-state index >= 15 is 0 Å². The van der Waals surface area contributed by atoms with Crippen molar-refractivity contribution < 1.29 is 0 Å². The Labute approximate surface area is 103 Å². The molecule has 78 valence electrons. The number of hydrogen-bond acceptors (Lipinski definition) is 4. The van der Waals surface area contributed by atoms with Crippen molar-refractivity contribution in [3.05, 3.63) is 16.1 Å². The predicted octanol–water partition coefficient (Wildman–Crippen LogP) is 2.63. The number of halogens is 1. The van der Waals surface area contributed by atoms with E-state index in [0.29, 0.717) is 6.04 Å². The molecule has 1 N–H and O–H groups in total. The lowest BCUT2D eigenvalue weighted by molar-refractivity contribution is 0.768. The van der Waals surface area contributed by atoms with E-state index in [9.17, 15) is 0 Å². The van der Waals surface area contributed by atoms with Gasteiger partial charge in [0.15, 0.2) is 0 Å². The Morgan fingerprint density at radius 1 is 1.64 bits per heavy atom. The summed E-state index contributed by atoms with van der Waals surface area (Å²) in [6.07, 6.45) is 6.63. The first-order valence-corrected chi connectivity index (χ1v) is 6.96. The van der Waals surface area contributed by atoms with Gasteiger partial charge in [0, 0.05) is 18.0 Å². The first-order valence-electron chi connectivity index (χ1n) is 4.49. The number of nitrogens with zero attached hydrogens (tertiary/aromatic N) is 2. The molecule has 0 spiro atoms. The van der Waals surface area contributed by atoms with Crippen molar-refractivity contribution in [1.82, 2.24) is 9.97 Å². The highest BCUT2D eigenvalue weighted by atomic mass is 127. The van der Waals surface area contributed by atoms with Gasteiger partial charge in [0.2, 0.25) is 0 Å². The van der Waals surface area contributed by atoms with Crippen molar-refractivity contribution in [2.45, 2.75) is 19.4 Å². The zero-order valence-electron chi connectivity index (χ0n) is 8.33. The van der Waals surface area contributed by atoms with Crippen LogP contribution in [0.25, 0.3) is 0 Å². The standard InChI is InChI=1S/C9H14IN3S/c1-3-7(5-14-2)13-9-8(10)4-11-6-12-9/h4,6-7H,3,5H2,1-2H3,(H,11,12,13). The highest BCUT2D eigenvalue weighted by Gasteiger charge is 2.07. The molecule has 0 radical (unpaired) electrons. The summed E-state index contributed by atoms with van der Waals surface area (Å²) < 4.78 is 1.07. The lowest BCUT2D eigenvalue weighted by Crippen LogP contribution is -2.22. The first-order chi connectivity index (χ1) is 6.77. The maximum absolute atomic E-state index is 4.21. The van der Waals surface area contributed by atoms with Crippen LogP contribution in [0.3, 0.4) is 0 Å². The zero-order chi connectivity index (χ0) is 10.4. The number of thioether (sulfide) groups is 1. The van der Waals surface area contributed by atoms with E-state index in [4.69, 9.17) is 0 Å². The average Bonchev–Trinajstić information content (AvgIpc) is 2.20. The van der Waals surface area contributed by atoms with Crippen LogP contribution in [-0.2, 0) is 0 Å². The van der Waals surface area contributed by atoms with E-state index in [0.717, 1.165) is 21.6 Å². The molecular weight excluding hydrogens is 309 g/mol. The van der Waals surface area contributed by atoms with Crippen LogP contribution < -0.4 is 5.32 Å². The third kappa shape index (κ3) is 3.61. The number of aromatic nitrogens is 2. The Bertz CT molecular complexity index is 283. The molecule has 5 heteroatoms. The number of anilines is 1. The van der Waals surface area contributed by atoms with Gasteiger partial charge in [0.25, 0.3) is 0 Å². The van der Waals surface area contributed by atoms with Crippen molar-refractivity contribution in [2.75, 3.05) is 17.3 Å². The monoisotopic (exact) mass is 323 g/mol. The van der Waals surface area contributed by atoms with E-state index in [1.807, 2.05) is 18.0 Å². The van der Waals surface area contributed by atoms with Crippen LogP contribution >= 0.6 is 34.4 Å². The van der Waals surface area contributed by atoms with E-state index in [1.54, 1.807) is 6.33 Å². The van der Waals surface area contributed by atoms with Gasteiger partial charge in [-0.3, -0.25) is 0 Å². The fourth-order valence-electron chi connectivity index (χ4n) is 1.07. The smallest absolute Gasteiger partial charge is 0.143 e. The molecule has 3 nitrogen and oxygen atoms in total. The Balaban J connectivity index is 2.62. The third-order valence-corrected chi connectivity index (χ3v) is 3.39. The quantitative estimate of drug-likeness (QED) is 0.846. The van der Waals surface area contributed by atoms with Crippen LogP contribution in [-0.4, -0.2) is 28.0 Å². The molecule has 0 bridgehead atoms. The molecule has 1 aromatic heterocycles. The van der Waals surface area contributed by atoms with Crippen LogP contribution in [0.2, 0.25) is 0 Å². The SMILES string of the molecule is CCC(CSC)Nc1ncncc1I. The maximum Gasteiger partial charge on any atom is 0.143 e. The van der Waals surface area contributed by atoms with E-state index in [2.05, 4.69) is 51.1 Å². The van der Waals surface area contributed by atoms with Crippen molar-refractivity contribution >= 4 is 40.2 Å². The summed E-state index contributed by atoms with van der Waals surface area (Å²) in [7, 11) is 0. The molecule has 1 aromatic rings. The molecule has 0 aliphatic rings. The highest BCUT2D eigenvalue weighted by Crippen LogP contribution is 2.15. The molecule has 0 saturated carbocycles. The molecule has 1 heterocycles. The van der Waals surface area contributed by atoms with E-state index < -0.39 is 0 Å². The lowest BCUT2D eigenvalue weighted by Gasteiger charge is -2.16. The molecule has 1 atom stereocenters. The Morgan fingerprint density at radius 2 is 2.43 bits per heavy atom. The van der Waals surface area contributed by atoms with E-state index in [-0.39, 0.29) is 0 Å². The zero-order valence-corrected chi connectivity index (χ0v) is 11.3. The van der Waals surface area contributed by atoms with Crippen LogP contribution in [0.1, 0.15) is 13.3 Å². The van der Waals surface area contributed by atoms with Gasteiger partial charge < -0.3 is 5.32 Å². The van der Waals surface area contributed by atoms with Gasteiger partial charge in [-0.1, -0.05) is 6.92 Å². The molecule has 1 rings (SSSR count). The summed E-state index contributed by atoms with van der Waals surface area (Å²) in [5.74, 6) is 2.05. The molecular formula is C9H14IN3S. The lowest BCUT2D eigenvalue weighted by atomic mass is 10.2. The van der Waals surface area contributed by atoms with Crippen LogP contribution in [0.5, 0.6) is 0 Å². The largest absolute Gasteiger partial charge is 0.366 e. The highest BCUT2D eigenvalue weighted by molar-refractivity contribution is 14.1. The van der Waals surface area contributed by atoms with Gasteiger partial charge in [-0.2, -0.15) is 11.8 Å². The molecule has 0 aliphatic carbocycles. The van der Waals surface area contributed by atoms with Crippen molar-refractivity contribution in [3.63, 3.8) is 0 Å². The third-order valence-electron chi connectivity index (χ3n) is 1.87. The average molecular weight is 323 g/mol.